The van der Waals surface area contributed by atoms with Crippen LogP contribution in [-0.4, -0.2) is 37.0 Å². The first-order valence-corrected chi connectivity index (χ1v) is 5.98. The largest absolute Gasteiger partial charge is 0.332 e. The average molecular weight is 237 g/mol. The molecule has 3 nitrogen and oxygen atoms in total. The highest BCUT2D eigenvalue weighted by Gasteiger charge is 2.21. The topological polar surface area (TPSA) is 24.8 Å². The lowest BCUT2D eigenvalue weighted by molar-refractivity contribution is -0.917. The molecule has 1 fully saturated rings. The average Bonchev–Trinajstić information content (AvgIpc) is 2.29. The molecule has 1 aliphatic rings. The van der Waals surface area contributed by atoms with Crippen LogP contribution < -0.4 is 4.90 Å². The third-order valence-electron chi connectivity index (χ3n) is 3.26. The Balaban J connectivity index is 1.88. The maximum atomic E-state index is 13.0. The van der Waals surface area contributed by atoms with E-state index in [0.29, 0.717) is 0 Å². The summed E-state index contributed by atoms with van der Waals surface area (Å²) in [6, 6.07) is 6.75. The Morgan fingerprint density at radius 2 is 2.12 bits per heavy atom. The Kier molecular flexibility index (Phi) is 3.74. The highest BCUT2D eigenvalue weighted by atomic mass is 19.1. The first-order chi connectivity index (χ1) is 8.15. The van der Waals surface area contributed by atoms with Gasteiger partial charge in [-0.3, -0.25) is 4.79 Å². The summed E-state index contributed by atoms with van der Waals surface area (Å²) in [5.74, 6) is -0.0286. The van der Waals surface area contributed by atoms with E-state index in [9.17, 15) is 9.18 Å². The van der Waals surface area contributed by atoms with Crippen molar-refractivity contribution in [2.45, 2.75) is 13.5 Å². The molecule has 1 amide bonds. The molecule has 2 rings (SSSR count). The Morgan fingerprint density at radius 3 is 2.71 bits per heavy atom. The molecular formula is C13H18FN2O+. The monoisotopic (exact) mass is 237 g/mol. The SMILES string of the molecule is CC(=O)N1CC[NH+](Cc2cccc(F)c2)CC1. The van der Waals surface area contributed by atoms with Gasteiger partial charge in [0, 0.05) is 12.5 Å². The van der Waals surface area contributed by atoms with Crippen molar-refractivity contribution in [3.63, 3.8) is 0 Å². The zero-order valence-corrected chi connectivity index (χ0v) is 10.1. The molecule has 1 N–H and O–H groups in total. The quantitative estimate of drug-likeness (QED) is 0.774. The molecular weight excluding hydrogens is 219 g/mol. The number of carbonyl (C=O) groups excluding carboxylic acids is 1. The fraction of sp³-hybridized carbons (Fsp3) is 0.462. The number of rotatable bonds is 2. The number of halogens is 1. The molecule has 1 aliphatic heterocycles. The summed E-state index contributed by atoms with van der Waals surface area (Å²) >= 11 is 0. The third kappa shape index (κ3) is 3.27. The summed E-state index contributed by atoms with van der Waals surface area (Å²) in [4.78, 5) is 14.5. The van der Waals surface area contributed by atoms with Gasteiger partial charge in [0.1, 0.15) is 12.4 Å². The number of amides is 1. The van der Waals surface area contributed by atoms with E-state index in [4.69, 9.17) is 0 Å². The van der Waals surface area contributed by atoms with Crippen LogP contribution >= 0.6 is 0 Å². The van der Waals surface area contributed by atoms with E-state index < -0.39 is 0 Å². The van der Waals surface area contributed by atoms with Gasteiger partial charge in [-0.2, -0.15) is 0 Å². The third-order valence-corrected chi connectivity index (χ3v) is 3.26. The Bertz CT molecular complexity index is 400. The lowest BCUT2D eigenvalue weighted by Gasteiger charge is -2.31. The fourth-order valence-corrected chi connectivity index (χ4v) is 2.25. The Labute approximate surface area is 101 Å². The molecule has 0 atom stereocenters. The molecule has 0 aliphatic carbocycles. The van der Waals surface area contributed by atoms with Crippen molar-refractivity contribution in [3.8, 4) is 0 Å². The molecule has 0 radical (unpaired) electrons. The molecule has 92 valence electrons. The molecule has 1 saturated heterocycles. The number of benzene rings is 1. The van der Waals surface area contributed by atoms with Crippen molar-refractivity contribution < 1.29 is 14.1 Å². The van der Waals surface area contributed by atoms with Crippen LogP contribution in [0, 0.1) is 5.82 Å². The zero-order chi connectivity index (χ0) is 12.3. The van der Waals surface area contributed by atoms with E-state index in [0.717, 1.165) is 38.3 Å². The first kappa shape index (κ1) is 12.0. The molecule has 4 heteroatoms. The van der Waals surface area contributed by atoms with Crippen molar-refractivity contribution in [1.29, 1.82) is 0 Å². The van der Waals surface area contributed by atoms with E-state index in [-0.39, 0.29) is 11.7 Å². The summed E-state index contributed by atoms with van der Waals surface area (Å²) in [6.45, 7) is 5.94. The second kappa shape index (κ2) is 5.27. The van der Waals surface area contributed by atoms with Crippen LogP contribution in [0.2, 0.25) is 0 Å². The number of nitrogens with one attached hydrogen (secondary N) is 1. The number of piperazine rings is 1. The summed E-state index contributed by atoms with van der Waals surface area (Å²) < 4.78 is 13.0. The molecule has 0 bridgehead atoms. The van der Waals surface area contributed by atoms with Gasteiger partial charge in [-0.1, -0.05) is 12.1 Å². The fourth-order valence-electron chi connectivity index (χ4n) is 2.25. The van der Waals surface area contributed by atoms with Gasteiger partial charge in [0.05, 0.1) is 26.2 Å². The van der Waals surface area contributed by atoms with E-state index in [1.807, 2.05) is 11.0 Å². The van der Waals surface area contributed by atoms with Crippen molar-refractivity contribution in [2.75, 3.05) is 26.2 Å². The van der Waals surface area contributed by atoms with E-state index in [1.165, 1.54) is 11.0 Å². The van der Waals surface area contributed by atoms with Gasteiger partial charge in [0.25, 0.3) is 0 Å². The lowest BCUT2D eigenvalue weighted by atomic mass is 10.2. The van der Waals surface area contributed by atoms with Crippen LogP contribution in [0.4, 0.5) is 4.39 Å². The molecule has 0 unspecified atom stereocenters. The molecule has 0 aromatic heterocycles. The van der Waals surface area contributed by atoms with Gasteiger partial charge >= 0.3 is 0 Å². The van der Waals surface area contributed by atoms with Crippen LogP contribution in [0.3, 0.4) is 0 Å². The molecule has 17 heavy (non-hydrogen) atoms. The van der Waals surface area contributed by atoms with Gasteiger partial charge in [-0.25, -0.2) is 4.39 Å². The predicted octanol–water partition coefficient (Wildman–Crippen LogP) is 0.0727. The number of hydrogen-bond donors (Lipinski definition) is 1. The van der Waals surface area contributed by atoms with E-state index in [1.54, 1.807) is 19.1 Å². The highest BCUT2D eigenvalue weighted by Crippen LogP contribution is 2.02. The molecule has 0 spiro atoms. The van der Waals surface area contributed by atoms with Gasteiger partial charge in [0.2, 0.25) is 5.91 Å². The normalized spacial score (nSPS) is 17.2. The van der Waals surface area contributed by atoms with Gasteiger partial charge in [0.15, 0.2) is 0 Å². The first-order valence-electron chi connectivity index (χ1n) is 5.98. The van der Waals surface area contributed by atoms with E-state index in [2.05, 4.69) is 0 Å². The van der Waals surface area contributed by atoms with Gasteiger partial charge < -0.3 is 9.80 Å². The summed E-state index contributed by atoms with van der Waals surface area (Å²) in [7, 11) is 0. The lowest BCUT2D eigenvalue weighted by Crippen LogP contribution is -3.13. The predicted molar refractivity (Wildman–Crippen MR) is 63.1 cm³/mol. The van der Waals surface area contributed by atoms with Crippen LogP contribution in [0.25, 0.3) is 0 Å². The van der Waals surface area contributed by atoms with Crippen molar-refractivity contribution in [3.05, 3.63) is 35.6 Å². The molecule has 0 saturated carbocycles. The minimum Gasteiger partial charge on any atom is -0.332 e. The summed E-state index contributed by atoms with van der Waals surface area (Å²) in [5.41, 5.74) is 1.02. The Morgan fingerprint density at radius 1 is 1.41 bits per heavy atom. The molecule has 1 heterocycles. The van der Waals surface area contributed by atoms with Crippen molar-refractivity contribution in [1.82, 2.24) is 4.90 Å². The maximum absolute atomic E-state index is 13.0. The van der Waals surface area contributed by atoms with Crippen molar-refractivity contribution in [2.24, 2.45) is 0 Å². The van der Waals surface area contributed by atoms with Crippen LogP contribution in [0.15, 0.2) is 24.3 Å². The number of hydrogen-bond acceptors (Lipinski definition) is 1. The summed E-state index contributed by atoms with van der Waals surface area (Å²) in [5, 5.41) is 0. The minimum atomic E-state index is -0.177. The highest BCUT2D eigenvalue weighted by molar-refractivity contribution is 5.73. The molecule has 1 aromatic rings. The zero-order valence-electron chi connectivity index (χ0n) is 10.1. The maximum Gasteiger partial charge on any atom is 0.219 e. The number of nitrogens with zero attached hydrogens (tertiary/aromatic N) is 1. The van der Waals surface area contributed by atoms with E-state index >= 15 is 0 Å². The second-order valence-corrected chi connectivity index (χ2v) is 4.56. The number of carbonyl (C=O) groups is 1. The smallest absolute Gasteiger partial charge is 0.219 e. The Hall–Kier alpha value is -1.42. The molecule has 1 aromatic carbocycles. The van der Waals surface area contributed by atoms with Crippen LogP contribution in [0.1, 0.15) is 12.5 Å². The van der Waals surface area contributed by atoms with Gasteiger partial charge in [-0.05, 0) is 12.1 Å². The number of quaternary nitrogens is 1. The minimum absolute atomic E-state index is 0.148. The van der Waals surface area contributed by atoms with Crippen LogP contribution in [-0.2, 0) is 11.3 Å². The summed E-state index contributed by atoms with van der Waals surface area (Å²) in [6.07, 6.45) is 0. The van der Waals surface area contributed by atoms with Gasteiger partial charge in [-0.15, -0.1) is 0 Å². The van der Waals surface area contributed by atoms with Crippen LogP contribution in [0.5, 0.6) is 0 Å². The van der Waals surface area contributed by atoms with Crippen molar-refractivity contribution >= 4 is 5.91 Å². The standard InChI is InChI=1S/C13H17FN2O/c1-11(17)16-7-5-15(6-8-16)10-12-3-2-4-13(14)9-12/h2-4,9H,5-8,10H2,1H3/p+1. The second-order valence-electron chi connectivity index (χ2n) is 4.56.